The highest BCUT2D eigenvalue weighted by atomic mass is 35.5. The number of rotatable bonds is 3. The van der Waals surface area contributed by atoms with Crippen LogP contribution in [0.5, 0.6) is 0 Å². The Hall–Kier alpha value is -0.790. The van der Waals surface area contributed by atoms with E-state index in [2.05, 4.69) is 30.8 Å². The highest BCUT2D eigenvalue weighted by Crippen LogP contribution is 2.06. The fourth-order valence-electron chi connectivity index (χ4n) is 1.16. The number of hydrogen-bond acceptors (Lipinski definition) is 1. The highest BCUT2D eigenvalue weighted by Gasteiger charge is 1.96. The van der Waals surface area contributed by atoms with Crippen molar-refractivity contribution in [2.45, 2.75) is 19.4 Å². The third-order valence-electron chi connectivity index (χ3n) is 1.77. The van der Waals surface area contributed by atoms with Crippen molar-refractivity contribution in [3.8, 4) is 0 Å². The molecule has 0 aliphatic carbocycles. The second kappa shape index (κ2) is 5.79. The van der Waals surface area contributed by atoms with Crippen molar-refractivity contribution in [1.29, 1.82) is 0 Å². The smallest absolute Gasteiger partial charge is 0.00509 e. The molecule has 1 nitrogen and oxygen atoms in total. The van der Waals surface area contributed by atoms with Crippen LogP contribution in [0.25, 0.3) is 6.08 Å². The molecule has 1 unspecified atom stereocenters. The van der Waals surface area contributed by atoms with Crippen molar-refractivity contribution in [3.63, 3.8) is 0 Å². The summed E-state index contributed by atoms with van der Waals surface area (Å²) in [4.78, 5) is 0. The van der Waals surface area contributed by atoms with Crippen LogP contribution in [0, 0.1) is 0 Å². The van der Waals surface area contributed by atoms with E-state index in [1.54, 1.807) is 0 Å². The summed E-state index contributed by atoms with van der Waals surface area (Å²) in [6.45, 7) is 5.71. The molecule has 1 aromatic carbocycles. The minimum Gasteiger partial charge on any atom is -0.328 e. The van der Waals surface area contributed by atoms with Crippen LogP contribution >= 0.6 is 12.4 Å². The minimum absolute atomic E-state index is 0. The molecule has 0 aliphatic heterocycles. The first kappa shape index (κ1) is 12.2. The largest absolute Gasteiger partial charge is 0.328 e. The molecule has 0 spiro atoms. The second-order valence-electron chi connectivity index (χ2n) is 3.13. The minimum atomic E-state index is 0. The van der Waals surface area contributed by atoms with E-state index in [-0.39, 0.29) is 18.4 Å². The van der Waals surface area contributed by atoms with Gasteiger partial charge in [-0.25, -0.2) is 0 Å². The summed E-state index contributed by atoms with van der Waals surface area (Å²) >= 11 is 0. The first-order valence-electron chi connectivity index (χ1n) is 4.19. The maximum Gasteiger partial charge on any atom is 0.00509 e. The second-order valence-corrected chi connectivity index (χ2v) is 3.13. The zero-order chi connectivity index (χ0) is 8.97. The van der Waals surface area contributed by atoms with Crippen LogP contribution in [0.3, 0.4) is 0 Å². The van der Waals surface area contributed by atoms with Gasteiger partial charge < -0.3 is 5.73 Å². The van der Waals surface area contributed by atoms with Gasteiger partial charge in [0.2, 0.25) is 0 Å². The Kier molecular flexibility index (Phi) is 5.44. The van der Waals surface area contributed by atoms with Gasteiger partial charge in [-0.15, -0.1) is 12.4 Å². The van der Waals surface area contributed by atoms with Gasteiger partial charge in [0, 0.05) is 6.04 Å². The Bertz CT molecular complexity index is 251. The highest BCUT2D eigenvalue weighted by molar-refractivity contribution is 5.85. The average molecular weight is 198 g/mol. The topological polar surface area (TPSA) is 26.0 Å². The molecular weight excluding hydrogens is 182 g/mol. The Morgan fingerprint density at radius 2 is 1.92 bits per heavy atom. The van der Waals surface area contributed by atoms with Crippen molar-refractivity contribution in [2.24, 2.45) is 5.73 Å². The van der Waals surface area contributed by atoms with Crippen molar-refractivity contribution in [1.82, 2.24) is 0 Å². The Labute approximate surface area is 86.1 Å². The Balaban J connectivity index is 0.00000144. The van der Waals surface area contributed by atoms with Gasteiger partial charge in [0.25, 0.3) is 0 Å². The molecular formula is C11H16ClN. The van der Waals surface area contributed by atoms with Crippen LogP contribution < -0.4 is 5.73 Å². The van der Waals surface area contributed by atoms with Gasteiger partial charge >= 0.3 is 0 Å². The number of nitrogens with two attached hydrogens (primary N) is 1. The molecule has 2 heteroatoms. The molecule has 0 heterocycles. The van der Waals surface area contributed by atoms with E-state index >= 15 is 0 Å². The maximum atomic E-state index is 5.67. The van der Waals surface area contributed by atoms with Gasteiger partial charge in [-0.05, 0) is 24.5 Å². The van der Waals surface area contributed by atoms with E-state index in [1.165, 1.54) is 5.56 Å². The quantitative estimate of drug-likeness (QED) is 0.792. The van der Waals surface area contributed by atoms with Crippen molar-refractivity contribution in [2.75, 3.05) is 0 Å². The van der Waals surface area contributed by atoms with E-state index in [0.29, 0.717) is 0 Å². The monoisotopic (exact) mass is 197 g/mol. The van der Waals surface area contributed by atoms with Crippen LogP contribution in [0.2, 0.25) is 0 Å². The van der Waals surface area contributed by atoms with E-state index in [1.807, 2.05) is 13.0 Å². The lowest BCUT2D eigenvalue weighted by molar-refractivity contribution is 0.738. The number of benzene rings is 1. The summed E-state index contributed by atoms with van der Waals surface area (Å²) < 4.78 is 0. The van der Waals surface area contributed by atoms with Gasteiger partial charge in [-0.2, -0.15) is 0 Å². The molecule has 2 N–H and O–H groups in total. The molecule has 0 fully saturated rings. The molecule has 13 heavy (non-hydrogen) atoms. The molecule has 0 aromatic heterocycles. The zero-order valence-corrected chi connectivity index (χ0v) is 8.68. The van der Waals surface area contributed by atoms with E-state index in [0.717, 1.165) is 12.0 Å². The summed E-state index contributed by atoms with van der Waals surface area (Å²) in [5, 5.41) is 0. The van der Waals surface area contributed by atoms with E-state index in [9.17, 15) is 0 Å². The third-order valence-corrected chi connectivity index (χ3v) is 1.77. The third kappa shape index (κ3) is 4.11. The molecule has 0 saturated carbocycles. The maximum absolute atomic E-state index is 5.67. The summed E-state index contributed by atoms with van der Waals surface area (Å²) in [5.74, 6) is 0. The number of halogens is 1. The van der Waals surface area contributed by atoms with Gasteiger partial charge in [-0.3, -0.25) is 0 Å². The SMILES string of the molecule is C=Cc1ccc(CC(C)N)cc1.Cl. The fourth-order valence-corrected chi connectivity index (χ4v) is 1.16. The molecule has 0 bridgehead atoms. The van der Waals surface area contributed by atoms with Gasteiger partial charge in [0.05, 0.1) is 0 Å². The Morgan fingerprint density at radius 1 is 1.38 bits per heavy atom. The van der Waals surface area contributed by atoms with Gasteiger partial charge in [-0.1, -0.05) is 36.9 Å². The predicted molar refractivity (Wildman–Crippen MR) is 61.1 cm³/mol. The Morgan fingerprint density at radius 3 is 2.31 bits per heavy atom. The molecule has 1 rings (SSSR count). The summed E-state index contributed by atoms with van der Waals surface area (Å²) in [5.41, 5.74) is 8.12. The van der Waals surface area contributed by atoms with Crippen LogP contribution in [0.4, 0.5) is 0 Å². The zero-order valence-electron chi connectivity index (χ0n) is 7.86. The lowest BCUT2D eigenvalue weighted by Gasteiger charge is -2.04. The average Bonchev–Trinajstić information content (AvgIpc) is 2.05. The molecule has 0 radical (unpaired) electrons. The standard InChI is InChI=1S/C11H15N.ClH/c1-3-10-4-6-11(7-5-10)8-9(2)12;/h3-7,9H,1,8,12H2,2H3;1H. The van der Waals surface area contributed by atoms with Gasteiger partial charge in [0.15, 0.2) is 0 Å². The molecule has 72 valence electrons. The molecule has 1 atom stereocenters. The number of hydrogen-bond donors (Lipinski definition) is 1. The molecule has 1 aromatic rings. The van der Waals surface area contributed by atoms with Gasteiger partial charge in [0.1, 0.15) is 0 Å². The summed E-state index contributed by atoms with van der Waals surface area (Å²) in [6, 6.07) is 8.55. The van der Waals surface area contributed by atoms with Crippen LogP contribution in [0.1, 0.15) is 18.1 Å². The van der Waals surface area contributed by atoms with E-state index < -0.39 is 0 Å². The molecule has 0 amide bonds. The van der Waals surface area contributed by atoms with Crippen molar-refractivity contribution >= 4 is 18.5 Å². The van der Waals surface area contributed by atoms with Crippen LogP contribution in [-0.2, 0) is 6.42 Å². The predicted octanol–water partition coefficient (Wildman–Crippen LogP) is 2.64. The summed E-state index contributed by atoms with van der Waals surface area (Å²) in [7, 11) is 0. The van der Waals surface area contributed by atoms with E-state index in [4.69, 9.17) is 5.73 Å². The molecule has 0 saturated heterocycles. The van der Waals surface area contributed by atoms with Crippen LogP contribution in [-0.4, -0.2) is 6.04 Å². The first-order chi connectivity index (χ1) is 5.72. The lowest BCUT2D eigenvalue weighted by atomic mass is 10.1. The summed E-state index contributed by atoms with van der Waals surface area (Å²) in [6.07, 6.45) is 2.78. The normalized spacial score (nSPS) is 11.5. The fraction of sp³-hybridized carbons (Fsp3) is 0.273. The molecule has 0 aliphatic rings. The van der Waals surface area contributed by atoms with Crippen LogP contribution in [0.15, 0.2) is 30.8 Å². The first-order valence-corrected chi connectivity index (χ1v) is 4.19. The lowest BCUT2D eigenvalue weighted by Crippen LogP contribution is -2.17. The van der Waals surface area contributed by atoms with Crippen molar-refractivity contribution in [3.05, 3.63) is 42.0 Å². The van der Waals surface area contributed by atoms with Crippen molar-refractivity contribution < 1.29 is 0 Å².